The molecule has 98 valence electrons. The minimum Gasteiger partial charge on any atom is -0.398 e. The van der Waals surface area contributed by atoms with E-state index in [1.54, 1.807) is 6.92 Å². The second kappa shape index (κ2) is 5.50. The number of aryl methyl sites for hydroxylation is 1. The first-order valence-corrected chi connectivity index (χ1v) is 5.84. The molecule has 3 amide bonds. The van der Waals surface area contributed by atoms with Crippen molar-refractivity contribution < 1.29 is 14.4 Å². The summed E-state index contributed by atoms with van der Waals surface area (Å²) >= 11 is 1.18. The summed E-state index contributed by atoms with van der Waals surface area (Å²) in [6.45, 7) is 1.04. The van der Waals surface area contributed by atoms with Crippen molar-refractivity contribution in [1.82, 2.24) is 4.90 Å². The average Bonchev–Trinajstić information content (AvgIpc) is 2.56. The Morgan fingerprint density at radius 1 is 1.22 bits per heavy atom. The first-order valence-electron chi connectivity index (χ1n) is 5.03. The van der Waals surface area contributed by atoms with Crippen molar-refractivity contribution in [2.45, 2.75) is 6.92 Å². The molecule has 1 aromatic heterocycles. The first-order chi connectivity index (χ1) is 8.31. The highest BCUT2D eigenvalue weighted by molar-refractivity contribution is 7.14. The number of anilines is 1. The molecule has 6 N–H and O–H groups in total. The molecule has 7 nitrogen and oxygen atoms in total. The molecule has 0 aromatic carbocycles. The van der Waals surface area contributed by atoms with Crippen LogP contribution in [0.25, 0.3) is 0 Å². The van der Waals surface area contributed by atoms with Crippen LogP contribution in [0.1, 0.15) is 14.5 Å². The van der Waals surface area contributed by atoms with Crippen LogP contribution in [-0.2, 0) is 9.59 Å². The Morgan fingerprint density at radius 3 is 2.06 bits per heavy atom. The lowest BCUT2D eigenvalue weighted by Crippen LogP contribution is -2.43. The Balaban J connectivity index is 2.94. The maximum absolute atomic E-state index is 12.0. The van der Waals surface area contributed by atoms with Gasteiger partial charge >= 0.3 is 0 Å². The molecule has 0 aliphatic heterocycles. The molecule has 18 heavy (non-hydrogen) atoms. The summed E-state index contributed by atoms with van der Waals surface area (Å²) in [7, 11) is 0. The van der Waals surface area contributed by atoms with Crippen LogP contribution in [0, 0.1) is 6.92 Å². The van der Waals surface area contributed by atoms with Gasteiger partial charge < -0.3 is 22.1 Å². The number of carbonyl (C=O) groups is 3. The van der Waals surface area contributed by atoms with Crippen molar-refractivity contribution >= 4 is 34.7 Å². The Bertz CT molecular complexity index is 462. The molecular weight excluding hydrogens is 256 g/mol. The average molecular weight is 270 g/mol. The molecule has 1 heterocycles. The number of amides is 3. The minimum absolute atomic E-state index is 0.340. The van der Waals surface area contributed by atoms with Gasteiger partial charge in [-0.15, -0.1) is 11.3 Å². The fourth-order valence-corrected chi connectivity index (χ4v) is 2.24. The minimum atomic E-state index is -0.717. The molecule has 0 aliphatic rings. The molecule has 0 saturated carbocycles. The van der Waals surface area contributed by atoms with Crippen LogP contribution >= 0.6 is 11.3 Å². The smallest absolute Gasteiger partial charge is 0.264 e. The van der Waals surface area contributed by atoms with Crippen LogP contribution in [-0.4, -0.2) is 35.7 Å². The van der Waals surface area contributed by atoms with Crippen molar-refractivity contribution in [2.24, 2.45) is 11.5 Å². The van der Waals surface area contributed by atoms with Gasteiger partial charge in [0, 0.05) is 10.6 Å². The summed E-state index contributed by atoms with van der Waals surface area (Å²) in [6, 6.07) is 1.50. The fourth-order valence-electron chi connectivity index (χ4n) is 1.33. The van der Waals surface area contributed by atoms with E-state index in [-0.39, 0.29) is 13.1 Å². The number of nitrogens with zero attached hydrogens (tertiary/aromatic N) is 1. The monoisotopic (exact) mass is 270 g/mol. The van der Waals surface area contributed by atoms with E-state index in [4.69, 9.17) is 17.2 Å². The van der Waals surface area contributed by atoms with Gasteiger partial charge in [-0.2, -0.15) is 0 Å². The molecule has 0 unspecified atom stereocenters. The predicted molar refractivity (Wildman–Crippen MR) is 67.8 cm³/mol. The van der Waals surface area contributed by atoms with Gasteiger partial charge in [0.2, 0.25) is 11.8 Å². The molecule has 0 saturated heterocycles. The number of hydrogen-bond donors (Lipinski definition) is 3. The van der Waals surface area contributed by atoms with Crippen molar-refractivity contribution in [3.63, 3.8) is 0 Å². The Morgan fingerprint density at radius 2 is 1.72 bits per heavy atom. The Hall–Kier alpha value is -2.09. The van der Waals surface area contributed by atoms with Gasteiger partial charge in [0.05, 0.1) is 4.88 Å². The van der Waals surface area contributed by atoms with Crippen molar-refractivity contribution in [3.05, 3.63) is 15.8 Å². The summed E-state index contributed by atoms with van der Waals surface area (Å²) in [4.78, 5) is 35.9. The molecule has 0 radical (unpaired) electrons. The Labute approximate surface area is 108 Å². The summed E-state index contributed by atoms with van der Waals surface area (Å²) in [5, 5.41) is 0. The summed E-state index contributed by atoms with van der Waals surface area (Å²) in [5.74, 6) is -1.92. The van der Waals surface area contributed by atoms with E-state index in [1.807, 2.05) is 0 Å². The van der Waals surface area contributed by atoms with E-state index in [1.165, 1.54) is 17.4 Å². The molecule has 8 heteroatoms. The zero-order valence-electron chi connectivity index (χ0n) is 9.80. The number of rotatable bonds is 5. The molecule has 1 rings (SSSR count). The third-order valence-electron chi connectivity index (χ3n) is 2.15. The van der Waals surface area contributed by atoms with Crippen molar-refractivity contribution in [2.75, 3.05) is 18.8 Å². The van der Waals surface area contributed by atoms with E-state index >= 15 is 0 Å². The van der Waals surface area contributed by atoms with E-state index < -0.39 is 17.7 Å². The van der Waals surface area contributed by atoms with Crippen LogP contribution in [0.5, 0.6) is 0 Å². The van der Waals surface area contributed by atoms with Crippen molar-refractivity contribution in [1.29, 1.82) is 0 Å². The van der Waals surface area contributed by atoms with Crippen LogP contribution in [0.2, 0.25) is 0 Å². The maximum Gasteiger partial charge on any atom is 0.264 e. The largest absolute Gasteiger partial charge is 0.398 e. The first kappa shape index (κ1) is 14.0. The standard InChI is InChI=1S/C10H14N4O3S/c1-5-6(11)2-7(18-5)10(17)14(3-8(12)15)4-9(13)16/h2H,3-4,11H2,1H3,(H2,12,15)(H2,13,16). The molecule has 1 aromatic rings. The number of primary amides is 2. The maximum atomic E-state index is 12.0. The molecule has 0 spiro atoms. The normalized spacial score (nSPS) is 10.1. The van der Waals surface area contributed by atoms with Crippen LogP contribution in [0.4, 0.5) is 5.69 Å². The van der Waals surface area contributed by atoms with Gasteiger partial charge in [0.25, 0.3) is 5.91 Å². The molecule has 0 aliphatic carbocycles. The quantitative estimate of drug-likeness (QED) is 0.636. The Kier molecular flexibility index (Phi) is 4.27. The third-order valence-corrected chi connectivity index (χ3v) is 3.20. The lowest BCUT2D eigenvalue weighted by Gasteiger charge is -2.18. The molecule has 0 atom stereocenters. The fraction of sp³-hybridized carbons (Fsp3) is 0.300. The third kappa shape index (κ3) is 3.45. The van der Waals surface area contributed by atoms with Gasteiger partial charge in [-0.3, -0.25) is 14.4 Å². The molecule has 0 bridgehead atoms. The highest BCUT2D eigenvalue weighted by atomic mass is 32.1. The van der Waals surface area contributed by atoms with Crippen LogP contribution in [0.3, 0.4) is 0 Å². The van der Waals surface area contributed by atoms with E-state index in [9.17, 15) is 14.4 Å². The second-order valence-electron chi connectivity index (χ2n) is 3.72. The summed E-state index contributed by atoms with van der Waals surface area (Å²) in [6.07, 6.45) is 0. The van der Waals surface area contributed by atoms with Crippen LogP contribution < -0.4 is 17.2 Å². The lowest BCUT2D eigenvalue weighted by molar-refractivity contribution is -0.121. The molecule has 0 fully saturated rings. The molecular formula is C10H14N4O3S. The van der Waals surface area contributed by atoms with Gasteiger partial charge in [-0.25, -0.2) is 0 Å². The van der Waals surface area contributed by atoms with E-state index in [0.717, 1.165) is 9.78 Å². The SMILES string of the molecule is Cc1sc(C(=O)N(CC(N)=O)CC(N)=O)cc1N. The summed E-state index contributed by atoms with van der Waals surface area (Å²) in [5.41, 5.74) is 16.2. The second-order valence-corrected chi connectivity index (χ2v) is 4.97. The predicted octanol–water partition coefficient (Wildman–Crippen LogP) is -0.948. The number of hydrogen-bond acceptors (Lipinski definition) is 5. The number of nitrogen functional groups attached to an aromatic ring is 1. The highest BCUT2D eigenvalue weighted by Gasteiger charge is 2.21. The van der Waals surface area contributed by atoms with Gasteiger partial charge in [-0.05, 0) is 13.0 Å². The van der Waals surface area contributed by atoms with Gasteiger partial charge in [0.1, 0.15) is 13.1 Å². The van der Waals surface area contributed by atoms with Gasteiger partial charge in [0.15, 0.2) is 0 Å². The van der Waals surface area contributed by atoms with Crippen LogP contribution in [0.15, 0.2) is 6.07 Å². The number of nitrogens with two attached hydrogens (primary N) is 3. The van der Waals surface area contributed by atoms with Gasteiger partial charge in [-0.1, -0.05) is 0 Å². The number of thiophene rings is 1. The summed E-state index contributed by atoms with van der Waals surface area (Å²) < 4.78 is 0. The highest BCUT2D eigenvalue weighted by Crippen LogP contribution is 2.24. The lowest BCUT2D eigenvalue weighted by atomic mass is 10.3. The van der Waals surface area contributed by atoms with E-state index in [2.05, 4.69) is 0 Å². The zero-order chi connectivity index (χ0) is 13.9. The number of carbonyl (C=O) groups excluding carboxylic acids is 3. The van der Waals surface area contributed by atoms with E-state index in [0.29, 0.717) is 10.6 Å². The zero-order valence-corrected chi connectivity index (χ0v) is 10.6. The topological polar surface area (TPSA) is 133 Å². The van der Waals surface area contributed by atoms with Crippen molar-refractivity contribution in [3.8, 4) is 0 Å².